The molecule has 0 aliphatic rings. The van der Waals surface area contributed by atoms with Crippen LogP contribution in [0, 0.1) is 5.41 Å². The molecular weight excluding hydrogens is 140 g/mol. The summed E-state index contributed by atoms with van der Waals surface area (Å²) >= 11 is 0. The first-order valence-electron chi connectivity index (χ1n) is 3.51. The minimum Gasteiger partial charge on any atom is -0.478 e. The topological polar surface area (TPSA) is 37.3 Å². The summed E-state index contributed by atoms with van der Waals surface area (Å²) in [6.07, 6.45) is 6.33. The highest BCUT2D eigenvalue weighted by molar-refractivity contribution is 5.80. The summed E-state index contributed by atoms with van der Waals surface area (Å²) in [7, 11) is 0. The summed E-state index contributed by atoms with van der Waals surface area (Å²) in [5, 5.41) is 8.22. The van der Waals surface area contributed by atoms with E-state index in [1.807, 2.05) is 6.08 Å². The van der Waals surface area contributed by atoms with Gasteiger partial charge in [-0.1, -0.05) is 39.0 Å². The zero-order chi connectivity index (χ0) is 8.91. The van der Waals surface area contributed by atoms with Gasteiger partial charge in [-0.2, -0.15) is 0 Å². The minimum absolute atomic E-state index is 0.114. The van der Waals surface area contributed by atoms with Gasteiger partial charge in [-0.05, 0) is 5.41 Å². The zero-order valence-corrected chi connectivity index (χ0v) is 7.16. The SMILES string of the molecule is CC(C)(C)/C=C\C=C\C(=O)O. The Morgan fingerprint density at radius 3 is 2.18 bits per heavy atom. The second-order valence-electron chi connectivity index (χ2n) is 3.42. The summed E-state index contributed by atoms with van der Waals surface area (Å²) in [6.45, 7) is 6.16. The van der Waals surface area contributed by atoms with Crippen LogP contribution in [-0.2, 0) is 4.79 Å². The van der Waals surface area contributed by atoms with E-state index >= 15 is 0 Å². The molecule has 0 amide bonds. The number of rotatable bonds is 2. The molecule has 62 valence electrons. The molecule has 2 nitrogen and oxygen atoms in total. The Balaban J connectivity index is 3.88. The van der Waals surface area contributed by atoms with Crippen molar-refractivity contribution in [3.63, 3.8) is 0 Å². The van der Waals surface area contributed by atoms with Gasteiger partial charge in [0.05, 0.1) is 0 Å². The molecule has 0 aromatic carbocycles. The Morgan fingerprint density at radius 1 is 1.27 bits per heavy atom. The molecule has 1 N–H and O–H groups in total. The lowest BCUT2D eigenvalue weighted by atomic mass is 9.96. The largest absolute Gasteiger partial charge is 0.478 e. The monoisotopic (exact) mass is 154 g/mol. The molecule has 0 rings (SSSR count). The Morgan fingerprint density at radius 2 is 1.82 bits per heavy atom. The highest BCUT2D eigenvalue weighted by atomic mass is 16.4. The number of allylic oxidation sites excluding steroid dienone is 3. The van der Waals surface area contributed by atoms with E-state index in [4.69, 9.17) is 5.11 Å². The number of carboxylic acids is 1. The van der Waals surface area contributed by atoms with Crippen LogP contribution in [-0.4, -0.2) is 11.1 Å². The van der Waals surface area contributed by atoms with E-state index in [0.717, 1.165) is 6.08 Å². The molecule has 0 saturated carbocycles. The van der Waals surface area contributed by atoms with E-state index in [1.165, 1.54) is 6.08 Å². The van der Waals surface area contributed by atoms with Crippen LogP contribution in [0.5, 0.6) is 0 Å². The van der Waals surface area contributed by atoms with E-state index in [9.17, 15) is 4.79 Å². The molecule has 0 spiro atoms. The van der Waals surface area contributed by atoms with E-state index < -0.39 is 5.97 Å². The number of hydrogen-bond donors (Lipinski definition) is 1. The maximum Gasteiger partial charge on any atom is 0.328 e. The Labute approximate surface area is 67.2 Å². The zero-order valence-electron chi connectivity index (χ0n) is 7.16. The third-order valence-electron chi connectivity index (χ3n) is 0.946. The molecule has 0 heterocycles. The second kappa shape index (κ2) is 3.96. The van der Waals surface area contributed by atoms with Gasteiger partial charge in [-0.3, -0.25) is 0 Å². The van der Waals surface area contributed by atoms with Gasteiger partial charge in [0.15, 0.2) is 0 Å². The molecule has 0 aromatic rings. The summed E-state index contributed by atoms with van der Waals surface area (Å²) in [5.41, 5.74) is 0.114. The van der Waals surface area contributed by atoms with Gasteiger partial charge in [0, 0.05) is 6.08 Å². The summed E-state index contributed by atoms with van der Waals surface area (Å²) < 4.78 is 0. The number of hydrogen-bond acceptors (Lipinski definition) is 1. The number of aliphatic carboxylic acids is 1. The fraction of sp³-hybridized carbons (Fsp3) is 0.444. The normalized spacial score (nSPS) is 13.0. The van der Waals surface area contributed by atoms with Crippen molar-refractivity contribution in [3.8, 4) is 0 Å². The summed E-state index contributed by atoms with van der Waals surface area (Å²) in [5.74, 6) is -0.913. The summed E-state index contributed by atoms with van der Waals surface area (Å²) in [6, 6.07) is 0. The highest BCUT2D eigenvalue weighted by Crippen LogP contribution is 2.13. The third-order valence-corrected chi connectivity index (χ3v) is 0.946. The quantitative estimate of drug-likeness (QED) is 0.489. The third kappa shape index (κ3) is 8.95. The van der Waals surface area contributed by atoms with Gasteiger partial charge < -0.3 is 5.11 Å². The van der Waals surface area contributed by atoms with Crippen molar-refractivity contribution >= 4 is 5.97 Å². The lowest BCUT2D eigenvalue weighted by molar-refractivity contribution is -0.131. The predicted octanol–water partition coefficient (Wildman–Crippen LogP) is 2.23. The second-order valence-corrected chi connectivity index (χ2v) is 3.42. The number of carboxylic acid groups (broad SMARTS) is 1. The molecule has 2 heteroatoms. The first-order valence-corrected chi connectivity index (χ1v) is 3.51. The van der Waals surface area contributed by atoms with Crippen LogP contribution in [0.15, 0.2) is 24.3 Å². The van der Waals surface area contributed by atoms with Crippen LogP contribution in [0.2, 0.25) is 0 Å². The van der Waals surface area contributed by atoms with Crippen molar-refractivity contribution in [2.24, 2.45) is 5.41 Å². The van der Waals surface area contributed by atoms with Crippen LogP contribution < -0.4 is 0 Å². The van der Waals surface area contributed by atoms with Gasteiger partial charge in [-0.15, -0.1) is 0 Å². The Kier molecular flexibility index (Phi) is 3.58. The van der Waals surface area contributed by atoms with Gasteiger partial charge in [0.25, 0.3) is 0 Å². The maximum atomic E-state index is 10.0. The highest BCUT2D eigenvalue weighted by Gasteiger charge is 2.01. The van der Waals surface area contributed by atoms with E-state index in [0.29, 0.717) is 0 Å². The molecular formula is C9H14O2. The fourth-order valence-electron chi connectivity index (χ4n) is 0.482. The van der Waals surface area contributed by atoms with Crippen molar-refractivity contribution in [1.29, 1.82) is 0 Å². The van der Waals surface area contributed by atoms with Crippen LogP contribution in [0.1, 0.15) is 20.8 Å². The first kappa shape index (κ1) is 9.95. The van der Waals surface area contributed by atoms with Crippen molar-refractivity contribution < 1.29 is 9.90 Å². The van der Waals surface area contributed by atoms with Crippen LogP contribution >= 0.6 is 0 Å². The van der Waals surface area contributed by atoms with Crippen LogP contribution in [0.25, 0.3) is 0 Å². The molecule has 0 atom stereocenters. The first-order chi connectivity index (χ1) is 4.92. The predicted molar refractivity (Wildman–Crippen MR) is 45.4 cm³/mol. The molecule has 0 fully saturated rings. The molecule has 0 aliphatic carbocycles. The molecule has 0 radical (unpaired) electrons. The van der Waals surface area contributed by atoms with Gasteiger partial charge in [-0.25, -0.2) is 4.79 Å². The number of carbonyl (C=O) groups is 1. The fourth-order valence-corrected chi connectivity index (χ4v) is 0.482. The van der Waals surface area contributed by atoms with Crippen LogP contribution in [0.3, 0.4) is 0 Å². The van der Waals surface area contributed by atoms with Gasteiger partial charge >= 0.3 is 5.97 Å². The van der Waals surface area contributed by atoms with E-state index in [-0.39, 0.29) is 5.41 Å². The van der Waals surface area contributed by atoms with Crippen molar-refractivity contribution in [2.75, 3.05) is 0 Å². The molecule has 0 bridgehead atoms. The van der Waals surface area contributed by atoms with Crippen molar-refractivity contribution in [1.82, 2.24) is 0 Å². The van der Waals surface area contributed by atoms with Crippen LogP contribution in [0.4, 0.5) is 0 Å². The van der Waals surface area contributed by atoms with Gasteiger partial charge in [0.2, 0.25) is 0 Å². The van der Waals surface area contributed by atoms with E-state index in [2.05, 4.69) is 20.8 Å². The Hall–Kier alpha value is -1.05. The van der Waals surface area contributed by atoms with Gasteiger partial charge in [0.1, 0.15) is 0 Å². The minimum atomic E-state index is -0.913. The Bertz CT molecular complexity index is 182. The average Bonchev–Trinajstić information content (AvgIpc) is 1.78. The molecule has 0 aliphatic heterocycles. The molecule has 0 aromatic heterocycles. The van der Waals surface area contributed by atoms with Crippen molar-refractivity contribution in [2.45, 2.75) is 20.8 Å². The van der Waals surface area contributed by atoms with E-state index in [1.54, 1.807) is 6.08 Å². The maximum absolute atomic E-state index is 10.0. The average molecular weight is 154 g/mol. The standard InChI is InChI=1S/C9H14O2/c1-9(2,3)7-5-4-6-8(10)11/h4-7H,1-3H3,(H,10,11)/b6-4+,7-5-. The lowest BCUT2D eigenvalue weighted by Gasteiger charge is -2.09. The lowest BCUT2D eigenvalue weighted by Crippen LogP contribution is -1.97. The molecule has 0 saturated heterocycles. The molecule has 0 unspecified atom stereocenters. The summed E-state index contributed by atoms with van der Waals surface area (Å²) in [4.78, 5) is 10.0. The van der Waals surface area contributed by atoms with Crippen molar-refractivity contribution in [3.05, 3.63) is 24.3 Å². The molecule has 11 heavy (non-hydrogen) atoms. The smallest absolute Gasteiger partial charge is 0.328 e.